The van der Waals surface area contributed by atoms with Crippen molar-refractivity contribution < 1.29 is 4.57 Å². The summed E-state index contributed by atoms with van der Waals surface area (Å²) in [6.45, 7) is 32.9. The zero-order valence-corrected chi connectivity index (χ0v) is 35.0. The summed E-state index contributed by atoms with van der Waals surface area (Å²) < 4.78 is 4.90. The Kier molecular flexibility index (Phi) is 11.6. The second-order valence-electron chi connectivity index (χ2n) is 15.7. The minimum atomic E-state index is -1.38. The molecule has 0 saturated carbocycles. The zero-order valence-electron chi connectivity index (χ0n) is 32.3. The molecule has 0 fully saturated rings. The zero-order chi connectivity index (χ0) is 35.2. The van der Waals surface area contributed by atoms with Crippen molar-refractivity contribution in [3.05, 3.63) is 87.2 Å². The molecule has 0 aliphatic heterocycles. The molecule has 0 bridgehead atoms. The fraction of sp³-hybridized carbons (Fsp3) is 0.512. The molecular weight excluding hydrogens is 652 g/mol. The van der Waals surface area contributed by atoms with Gasteiger partial charge in [0.1, 0.15) is 0 Å². The van der Waals surface area contributed by atoms with E-state index in [0.29, 0.717) is 35.5 Å². The maximum absolute atomic E-state index is 3.87. The third kappa shape index (κ3) is 7.03. The average Bonchev–Trinajstić information content (AvgIpc) is 3.20. The van der Waals surface area contributed by atoms with Gasteiger partial charge in [-0.1, -0.05) is 0 Å². The monoisotopic (exact) mass is 713 g/mol. The predicted octanol–water partition coefficient (Wildman–Crippen LogP) is 9.82. The topological polar surface area (TPSA) is 8.81 Å². The van der Waals surface area contributed by atoms with Crippen LogP contribution in [0.4, 0.5) is 0 Å². The summed E-state index contributed by atoms with van der Waals surface area (Å²) in [6.07, 6.45) is 0. The SMILES string of the molecule is Cc1c(C)[n+](C)c([Si]([Se])c2c(-c3c(C(C)C)cc(C(C)C)cc3C(C)C)cccc2-c2c(C(C)C)cc(C(C)C)cc2C(C)C)n1C. The van der Waals surface area contributed by atoms with Gasteiger partial charge in [0, 0.05) is 0 Å². The van der Waals surface area contributed by atoms with E-state index in [9.17, 15) is 0 Å². The Morgan fingerprint density at radius 3 is 1.19 bits per heavy atom. The van der Waals surface area contributed by atoms with Gasteiger partial charge in [-0.15, -0.1) is 0 Å². The normalized spacial score (nSPS) is 12.4. The van der Waals surface area contributed by atoms with Crippen LogP contribution in [0.2, 0.25) is 0 Å². The third-order valence-corrected chi connectivity index (χ3v) is 15.0. The van der Waals surface area contributed by atoms with Gasteiger partial charge in [-0.2, -0.15) is 0 Å². The summed E-state index contributed by atoms with van der Waals surface area (Å²) in [7, 11) is 3.14. The van der Waals surface area contributed by atoms with E-state index in [1.54, 1.807) is 0 Å². The summed E-state index contributed by atoms with van der Waals surface area (Å²) >= 11 is 3.87. The summed E-state index contributed by atoms with van der Waals surface area (Å²) in [5, 5.41) is 1.50. The number of nitrogens with zero attached hydrogens (tertiary/aromatic N) is 2. The molecule has 1 aromatic heterocycles. The van der Waals surface area contributed by atoms with Crippen LogP contribution in [-0.4, -0.2) is 27.3 Å². The first-order valence-electron chi connectivity index (χ1n) is 18.0. The molecule has 0 atom stereocenters. The van der Waals surface area contributed by atoms with Crippen molar-refractivity contribution in [2.75, 3.05) is 0 Å². The Hall–Kier alpha value is -2.39. The average molecular weight is 713 g/mol. The van der Waals surface area contributed by atoms with E-state index < -0.39 is 7.40 Å². The Morgan fingerprint density at radius 2 is 0.936 bits per heavy atom. The molecule has 4 heteroatoms. The first kappa shape index (κ1) is 37.4. The van der Waals surface area contributed by atoms with Crippen LogP contribution in [0.1, 0.15) is 163 Å². The second kappa shape index (κ2) is 14.6. The van der Waals surface area contributed by atoms with Crippen molar-refractivity contribution in [1.82, 2.24) is 4.57 Å². The van der Waals surface area contributed by atoms with Crippen molar-refractivity contribution in [3.8, 4) is 22.3 Å². The van der Waals surface area contributed by atoms with Gasteiger partial charge >= 0.3 is 299 Å². The quantitative estimate of drug-likeness (QED) is 0.114. The van der Waals surface area contributed by atoms with Gasteiger partial charge in [-0.25, -0.2) is 0 Å². The van der Waals surface area contributed by atoms with Gasteiger partial charge in [0.15, 0.2) is 0 Å². The van der Waals surface area contributed by atoms with Gasteiger partial charge < -0.3 is 0 Å². The number of hydrogen-bond donors (Lipinski definition) is 0. The number of aromatic nitrogens is 2. The third-order valence-electron chi connectivity index (χ3n) is 10.5. The van der Waals surface area contributed by atoms with E-state index in [2.05, 4.69) is 178 Å². The van der Waals surface area contributed by atoms with E-state index >= 15 is 0 Å². The van der Waals surface area contributed by atoms with Crippen LogP contribution in [0.5, 0.6) is 0 Å². The first-order chi connectivity index (χ1) is 21.9. The Bertz CT molecular complexity index is 1570. The molecule has 3 aromatic carbocycles. The van der Waals surface area contributed by atoms with E-state index in [4.69, 9.17) is 0 Å². The molecule has 0 unspecified atom stereocenters. The Morgan fingerprint density at radius 1 is 0.596 bits per heavy atom. The van der Waals surface area contributed by atoms with Crippen LogP contribution in [0, 0.1) is 13.8 Å². The number of hydrogen-bond acceptors (Lipinski definition) is 0. The van der Waals surface area contributed by atoms with E-state index in [1.807, 2.05) is 0 Å². The molecule has 2 nitrogen and oxygen atoms in total. The van der Waals surface area contributed by atoms with Crippen LogP contribution in [-0.2, 0) is 14.1 Å². The number of imidazole rings is 1. The summed E-state index contributed by atoms with van der Waals surface area (Å²) in [5.74, 6) is 2.61. The molecule has 1 heterocycles. The first-order valence-corrected chi connectivity index (χ1v) is 21.9. The molecule has 252 valence electrons. The van der Waals surface area contributed by atoms with Crippen molar-refractivity contribution in [3.63, 3.8) is 0 Å². The number of rotatable bonds is 10. The van der Waals surface area contributed by atoms with Crippen molar-refractivity contribution in [2.24, 2.45) is 14.1 Å². The molecule has 47 heavy (non-hydrogen) atoms. The Labute approximate surface area is 297 Å². The summed E-state index contributed by atoms with van der Waals surface area (Å²) in [4.78, 5) is 0. The molecule has 4 aromatic rings. The van der Waals surface area contributed by atoms with Gasteiger partial charge in [-0.05, 0) is 0 Å². The van der Waals surface area contributed by atoms with Crippen molar-refractivity contribution in [2.45, 2.75) is 132 Å². The van der Waals surface area contributed by atoms with E-state index in [0.717, 1.165) is 0 Å². The summed E-state index contributed by atoms with van der Waals surface area (Å²) in [5.41, 5.74) is 18.6. The molecule has 0 amide bonds. The minimum absolute atomic E-state index is 0.410. The molecule has 4 rings (SSSR count). The van der Waals surface area contributed by atoms with Crippen LogP contribution in [0.15, 0.2) is 42.5 Å². The fourth-order valence-electron chi connectivity index (χ4n) is 7.19. The van der Waals surface area contributed by atoms with E-state index in [-0.39, 0.29) is 0 Å². The molecule has 2 radical (unpaired) electrons. The van der Waals surface area contributed by atoms with E-state index in [1.165, 1.54) is 77.7 Å². The van der Waals surface area contributed by atoms with Crippen molar-refractivity contribution >= 4 is 33.4 Å². The summed E-state index contributed by atoms with van der Waals surface area (Å²) in [6, 6.07) is 17.3. The molecule has 0 spiro atoms. The standard InChI is InChI=1S/C43H61N2SeSi/c1-24(2)32-20-36(26(5)6)40(37(21-32)27(7)8)34-18-17-19-35(42(34)47(46)43-44(15)30(13)31(14)45(43)16)41-38(28(9)10)22-33(25(3)4)23-39(41)29(11)12/h17-29H,1-16H3/q+1. The molecule has 0 aliphatic carbocycles. The van der Waals surface area contributed by atoms with Gasteiger partial charge in [0.05, 0.1) is 0 Å². The molecule has 0 saturated heterocycles. The van der Waals surface area contributed by atoms with Gasteiger partial charge in [0.2, 0.25) is 0 Å². The predicted molar refractivity (Wildman–Crippen MR) is 209 cm³/mol. The second-order valence-corrected chi connectivity index (χ2v) is 19.9. The van der Waals surface area contributed by atoms with Crippen LogP contribution >= 0.6 is 0 Å². The fourth-order valence-corrected chi connectivity index (χ4v) is 12.4. The maximum atomic E-state index is 3.87. The van der Waals surface area contributed by atoms with Gasteiger partial charge in [-0.3, -0.25) is 0 Å². The van der Waals surface area contributed by atoms with Gasteiger partial charge in [0.25, 0.3) is 0 Å². The Balaban J connectivity index is 2.30. The molecule has 0 N–H and O–H groups in total. The molecule has 0 aliphatic rings. The van der Waals surface area contributed by atoms with Crippen molar-refractivity contribution in [1.29, 1.82) is 0 Å². The van der Waals surface area contributed by atoms with Crippen LogP contribution in [0.25, 0.3) is 22.3 Å². The molecular formula is C43H61N2SeSi+. The van der Waals surface area contributed by atoms with Crippen LogP contribution in [0.3, 0.4) is 0 Å². The number of benzene rings is 3. The van der Waals surface area contributed by atoms with Crippen LogP contribution < -0.4 is 15.2 Å².